The fourth-order valence-electron chi connectivity index (χ4n) is 3.97. The predicted molar refractivity (Wildman–Crippen MR) is 121 cm³/mol. The summed E-state index contributed by atoms with van der Waals surface area (Å²) in [5.74, 6) is -0.227. The monoisotopic (exact) mass is 489 g/mol. The number of aromatic nitrogens is 1. The van der Waals surface area contributed by atoms with Crippen molar-refractivity contribution in [1.82, 2.24) is 14.6 Å². The van der Waals surface area contributed by atoms with Gasteiger partial charge in [-0.15, -0.1) is 0 Å². The first-order chi connectivity index (χ1) is 14.5. The zero-order chi connectivity index (χ0) is 21.1. The van der Waals surface area contributed by atoms with Crippen molar-refractivity contribution in [2.24, 2.45) is 0 Å². The topological polar surface area (TPSA) is 82.3 Å². The van der Waals surface area contributed by atoms with Gasteiger partial charge in [0.25, 0.3) is 0 Å². The van der Waals surface area contributed by atoms with Gasteiger partial charge in [-0.05, 0) is 55.2 Å². The second-order valence-corrected chi connectivity index (χ2v) is 10.3. The summed E-state index contributed by atoms with van der Waals surface area (Å²) in [6, 6.07) is 13.9. The first-order valence-corrected chi connectivity index (χ1v) is 12.3. The summed E-state index contributed by atoms with van der Waals surface area (Å²) < 4.78 is 28.5. The van der Waals surface area contributed by atoms with Crippen LogP contribution < -0.4 is 5.32 Å². The van der Waals surface area contributed by atoms with Gasteiger partial charge in [0.05, 0.1) is 4.90 Å². The van der Waals surface area contributed by atoms with Crippen molar-refractivity contribution >= 4 is 42.8 Å². The third-order valence-corrected chi connectivity index (χ3v) is 8.00. The van der Waals surface area contributed by atoms with Gasteiger partial charge < -0.3 is 10.3 Å². The second kappa shape index (κ2) is 8.91. The fraction of sp³-hybridized carbons (Fsp3) is 0.318. The van der Waals surface area contributed by atoms with Crippen LogP contribution >= 0.6 is 15.9 Å². The number of hydrogen-bond acceptors (Lipinski definition) is 3. The number of piperidine rings is 1. The third-order valence-electron chi connectivity index (χ3n) is 5.55. The number of para-hydroxylation sites is 1. The number of aromatic amines is 1. The minimum Gasteiger partial charge on any atom is -0.361 e. The average Bonchev–Trinajstić information content (AvgIpc) is 3.17. The first-order valence-electron chi connectivity index (χ1n) is 10.1. The number of rotatable bonds is 6. The van der Waals surface area contributed by atoms with Gasteiger partial charge in [0.1, 0.15) is 6.04 Å². The van der Waals surface area contributed by atoms with Gasteiger partial charge in [-0.25, -0.2) is 8.42 Å². The number of hydrogen-bond donors (Lipinski definition) is 2. The van der Waals surface area contributed by atoms with Crippen molar-refractivity contribution in [2.45, 2.75) is 36.6 Å². The Balaban J connectivity index is 1.44. The smallest absolute Gasteiger partial charge is 0.243 e. The molecule has 2 N–H and O–H groups in total. The van der Waals surface area contributed by atoms with Gasteiger partial charge >= 0.3 is 0 Å². The van der Waals surface area contributed by atoms with E-state index in [9.17, 15) is 13.2 Å². The number of sulfonamides is 1. The van der Waals surface area contributed by atoms with Gasteiger partial charge in [-0.3, -0.25) is 4.79 Å². The number of amides is 1. The zero-order valence-corrected chi connectivity index (χ0v) is 18.9. The van der Waals surface area contributed by atoms with E-state index in [2.05, 4.69) is 32.3 Å². The highest BCUT2D eigenvalue weighted by Crippen LogP contribution is 2.26. The van der Waals surface area contributed by atoms with E-state index in [-0.39, 0.29) is 10.8 Å². The number of carbonyl (C=O) groups is 1. The molecule has 0 radical (unpaired) electrons. The average molecular weight is 490 g/mol. The van der Waals surface area contributed by atoms with Crippen molar-refractivity contribution in [3.63, 3.8) is 0 Å². The Morgan fingerprint density at radius 3 is 2.70 bits per heavy atom. The van der Waals surface area contributed by atoms with Crippen LogP contribution in [-0.2, 0) is 21.2 Å². The van der Waals surface area contributed by atoms with Crippen LogP contribution in [0, 0.1) is 0 Å². The number of fused-ring (bicyclic) bond motifs is 1. The van der Waals surface area contributed by atoms with Gasteiger partial charge in [0.15, 0.2) is 0 Å². The molecule has 30 heavy (non-hydrogen) atoms. The predicted octanol–water partition coefficient (Wildman–Crippen LogP) is 3.83. The number of halogens is 1. The maximum atomic E-state index is 13.1. The lowest BCUT2D eigenvalue weighted by Gasteiger charge is -2.33. The summed E-state index contributed by atoms with van der Waals surface area (Å²) in [6.07, 6.45) is 4.78. The van der Waals surface area contributed by atoms with Crippen molar-refractivity contribution in [1.29, 1.82) is 0 Å². The summed E-state index contributed by atoms with van der Waals surface area (Å²) in [6.45, 7) is 0.822. The Bertz CT molecular complexity index is 1140. The number of H-pyrrole nitrogens is 1. The standard InChI is InChI=1S/C22H24BrN3O3S/c23-17-8-10-18(11-9-17)30(28,29)26-14-4-3-7-21(26)22(27)24-13-12-16-15-25-20-6-2-1-5-19(16)20/h1-2,5-6,8-11,15,21,25H,3-4,7,12-14H2,(H,24,27). The summed E-state index contributed by atoms with van der Waals surface area (Å²) in [7, 11) is -3.72. The molecule has 2 heterocycles. The lowest BCUT2D eigenvalue weighted by Crippen LogP contribution is -2.52. The van der Waals surface area contributed by atoms with E-state index in [1.54, 1.807) is 24.3 Å². The van der Waals surface area contributed by atoms with E-state index in [0.29, 0.717) is 25.9 Å². The van der Waals surface area contributed by atoms with Crippen molar-refractivity contribution in [3.05, 3.63) is 64.8 Å². The molecule has 1 aliphatic rings. The van der Waals surface area contributed by atoms with E-state index >= 15 is 0 Å². The Kier molecular flexibility index (Phi) is 6.26. The maximum Gasteiger partial charge on any atom is 0.243 e. The van der Waals surface area contributed by atoms with Crippen LogP contribution in [0.4, 0.5) is 0 Å². The normalized spacial score (nSPS) is 17.8. The molecule has 0 aliphatic carbocycles. The zero-order valence-electron chi connectivity index (χ0n) is 16.5. The van der Waals surface area contributed by atoms with Gasteiger partial charge in [0.2, 0.25) is 15.9 Å². The first kappa shape index (κ1) is 21.1. The van der Waals surface area contributed by atoms with E-state index in [0.717, 1.165) is 33.8 Å². The Morgan fingerprint density at radius 2 is 1.90 bits per heavy atom. The van der Waals surface area contributed by atoms with Crippen molar-refractivity contribution < 1.29 is 13.2 Å². The summed E-state index contributed by atoms with van der Waals surface area (Å²) in [4.78, 5) is 16.3. The summed E-state index contributed by atoms with van der Waals surface area (Å²) >= 11 is 3.33. The van der Waals surface area contributed by atoms with Crippen LogP contribution in [0.25, 0.3) is 10.9 Å². The van der Waals surface area contributed by atoms with Gasteiger partial charge in [-0.2, -0.15) is 4.31 Å². The highest BCUT2D eigenvalue weighted by atomic mass is 79.9. The molecule has 0 spiro atoms. The van der Waals surface area contributed by atoms with Crippen LogP contribution in [0.15, 0.2) is 64.1 Å². The van der Waals surface area contributed by atoms with Crippen molar-refractivity contribution in [2.75, 3.05) is 13.1 Å². The molecule has 4 rings (SSSR count). The Morgan fingerprint density at radius 1 is 1.13 bits per heavy atom. The molecule has 1 aromatic heterocycles. The minimum absolute atomic E-state index is 0.212. The van der Waals surface area contributed by atoms with E-state index in [1.807, 2.05) is 24.4 Å². The number of nitrogens with one attached hydrogen (secondary N) is 2. The fourth-order valence-corrected chi connectivity index (χ4v) is 5.89. The molecular formula is C22H24BrN3O3S. The van der Waals surface area contributed by atoms with Crippen molar-refractivity contribution in [3.8, 4) is 0 Å². The number of nitrogens with zero attached hydrogens (tertiary/aromatic N) is 1. The van der Waals surface area contributed by atoms with Crippen LogP contribution in [0.5, 0.6) is 0 Å². The molecule has 8 heteroatoms. The Hall–Kier alpha value is -2.16. The van der Waals surface area contributed by atoms with E-state index in [4.69, 9.17) is 0 Å². The molecule has 6 nitrogen and oxygen atoms in total. The highest BCUT2D eigenvalue weighted by molar-refractivity contribution is 9.10. The second-order valence-electron chi connectivity index (χ2n) is 7.48. The molecule has 1 atom stereocenters. The molecule has 1 fully saturated rings. The third kappa shape index (κ3) is 4.31. The largest absolute Gasteiger partial charge is 0.361 e. The quantitative estimate of drug-likeness (QED) is 0.551. The summed E-state index contributed by atoms with van der Waals surface area (Å²) in [5.41, 5.74) is 2.20. The molecule has 1 unspecified atom stereocenters. The van der Waals surface area contributed by atoms with Crippen LogP contribution in [0.2, 0.25) is 0 Å². The lowest BCUT2D eigenvalue weighted by atomic mass is 10.0. The minimum atomic E-state index is -3.72. The van der Waals surface area contributed by atoms with Gasteiger partial charge in [0, 0.05) is 34.7 Å². The lowest BCUT2D eigenvalue weighted by molar-refractivity contribution is -0.125. The van der Waals surface area contributed by atoms with Crippen LogP contribution in [0.1, 0.15) is 24.8 Å². The molecule has 1 aliphatic heterocycles. The highest BCUT2D eigenvalue weighted by Gasteiger charge is 2.37. The summed E-state index contributed by atoms with van der Waals surface area (Å²) in [5, 5.41) is 4.09. The molecule has 1 amide bonds. The molecule has 0 bridgehead atoms. The molecule has 3 aromatic rings. The van der Waals surface area contributed by atoms with Crippen LogP contribution in [-0.4, -0.2) is 42.7 Å². The molecule has 2 aromatic carbocycles. The molecule has 158 valence electrons. The molecular weight excluding hydrogens is 466 g/mol. The molecule has 1 saturated heterocycles. The maximum absolute atomic E-state index is 13.1. The SMILES string of the molecule is O=C(NCCc1c[nH]c2ccccc12)C1CCCCN1S(=O)(=O)c1ccc(Br)cc1. The van der Waals surface area contributed by atoms with Gasteiger partial charge in [-0.1, -0.05) is 40.5 Å². The number of carbonyl (C=O) groups excluding carboxylic acids is 1. The van der Waals surface area contributed by atoms with E-state index < -0.39 is 16.1 Å². The number of benzene rings is 2. The Labute approximate surface area is 184 Å². The van der Waals surface area contributed by atoms with Crippen LogP contribution in [0.3, 0.4) is 0 Å². The molecule has 0 saturated carbocycles. The van der Waals surface area contributed by atoms with E-state index in [1.165, 1.54) is 4.31 Å².